The van der Waals surface area contributed by atoms with Crippen LogP contribution in [0.1, 0.15) is 16.7 Å². The Morgan fingerprint density at radius 1 is 1.62 bits per heavy atom. The topological polar surface area (TPSA) is 70.3 Å². The molecule has 0 saturated carbocycles. The van der Waals surface area contributed by atoms with Crippen molar-refractivity contribution < 1.29 is 14.6 Å². The highest BCUT2D eigenvalue weighted by Crippen LogP contribution is 2.24. The van der Waals surface area contributed by atoms with Gasteiger partial charge in [-0.1, -0.05) is 6.07 Å². The SMILES string of the molecule is COC(=O)Cc1ccc(Br)c(C#N)c1CO. The number of benzene rings is 1. The molecule has 16 heavy (non-hydrogen) atoms. The van der Waals surface area contributed by atoms with Crippen LogP contribution in [0.5, 0.6) is 0 Å². The van der Waals surface area contributed by atoms with Crippen molar-refractivity contribution in [3.63, 3.8) is 0 Å². The molecule has 1 aromatic rings. The standard InChI is InChI=1S/C11H10BrNO3/c1-16-11(15)4-7-2-3-10(12)8(5-13)9(7)6-14/h2-3,14H,4,6H2,1H3. The van der Waals surface area contributed by atoms with E-state index >= 15 is 0 Å². The molecule has 1 N–H and O–H groups in total. The number of hydrogen-bond acceptors (Lipinski definition) is 4. The molecule has 4 nitrogen and oxygen atoms in total. The maximum atomic E-state index is 11.1. The third-order valence-corrected chi connectivity index (χ3v) is 2.85. The summed E-state index contributed by atoms with van der Waals surface area (Å²) in [5.74, 6) is -0.402. The molecule has 0 amide bonds. The van der Waals surface area contributed by atoms with Gasteiger partial charge in [0, 0.05) is 10.0 Å². The summed E-state index contributed by atoms with van der Waals surface area (Å²) in [4.78, 5) is 11.1. The normalized spacial score (nSPS) is 9.62. The first kappa shape index (κ1) is 12.7. The fourth-order valence-corrected chi connectivity index (χ4v) is 1.82. The second-order valence-electron chi connectivity index (χ2n) is 3.08. The van der Waals surface area contributed by atoms with Gasteiger partial charge in [0.2, 0.25) is 0 Å². The van der Waals surface area contributed by atoms with Crippen LogP contribution in [0.4, 0.5) is 0 Å². The number of rotatable bonds is 3. The van der Waals surface area contributed by atoms with Crippen molar-refractivity contribution >= 4 is 21.9 Å². The molecule has 0 spiro atoms. The van der Waals surface area contributed by atoms with Crippen LogP contribution in [-0.4, -0.2) is 18.2 Å². The first-order valence-corrected chi connectivity index (χ1v) is 5.31. The lowest BCUT2D eigenvalue weighted by Crippen LogP contribution is -2.08. The van der Waals surface area contributed by atoms with E-state index in [-0.39, 0.29) is 13.0 Å². The van der Waals surface area contributed by atoms with Gasteiger partial charge >= 0.3 is 5.97 Å². The Hall–Kier alpha value is -1.38. The number of halogens is 1. The van der Waals surface area contributed by atoms with Gasteiger partial charge in [-0.2, -0.15) is 5.26 Å². The van der Waals surface area contributed by atoms with Crippen molar-refractivity contribution in [2.24, 2.45) is 0 Å². The third-order valence-electron chi connectivity index (χ3n) is 2.19. The largest absolute Gasteiger partial charge is 0.469 e. The van der Waals surface area contributed by atoms with Gasteiger partial charge in [-0.25, -0.2) is 0 Å². The van der Waals surface area contributed by atoms with Gasteiger partial charge in [0.15, 0.2) is 0 Å². The highest BCUT2D eigenvalue weighted by Gasteiger charge is 2.13. The number of carbonyl (C=O) groups is 1. The van der Waals surface area contributed by atoms with Gasteiger partial charge in [-0.3, -0.25) is 4.79 Å². The molecule has 0 radical (unpaired) electrons. The van der Waals surface area contributed by atoms with Gasteiger partial charge in [0.05, 0.1) is 25.7 Å². The molecule has 84 valence electrons. The zero-order valence-corrected chi connectivity index (χ0v) is 10.2. The minimum Gasteiger partial charge on any atom is -0.469 e. The predicted molar refractivity (Wildman–Crippen MR) is 60.5 cm³/mol. The zero-order valence-electron chi connectivity index (χ0n) is 8.66. The summed E-state index contributed by atoms with van der Waals surface area (Å²) < 4.78 is 5.15. The van der Waals surface area contributed by atoms with Crippen LogP contribution in [0.2, 0.25) is 0 Å². The fraction of sp³-hybridized carbons (Fsp3) is 0.273. The van der Waals surface area contributed by atoms with Crippen molar-refractivity contribution in [2.75, 3.05) is 7.11 Å². The van der Waals surface area contributed by atoms with Crippen LogP contribution >= 0.6 is 15.9 Å². The fourth-order valence-electron chi connectivity index (χ4n) is 1.36. The molecule has 0 aliphatic carbocycles. The van der Waals surface area contributed by atoms with Crippen molar-refractivity contribution in [1.82, 2.24) is 0 Å². The second-order valence-corrected chi connectivity index (χ2v) is 3.94. The Kier molecular flexibility index (Phi) is 4.47. The zero-order chi connectivity index (χ0) is 12.1. The number of methoxy groups -OCH3 is 1. The van der Waals surface area contributed by atoms with Crippen LogP contribution in [0, 0.1) is 11.3 Å². The quantitative estimate of drug-likeness (QED) is 0.854. The molecule has 0 heterocycles. The van der Waals surface area contributed by atoms with Gasteiger partial charge < -0.3 is 9.84 Å². The minimum atomic E-state index is -0.402. The van der Waals surface area contributed by atoms with E-state index in [0.29, 0.717) is 21.2 Å². The predicted octanol–water partition coefficient (Wildman–Crippen LogP) is 1.53. The Labute approximate surface area is 102 Å². The average Bonchev–Trinajstić information content (AvgIpc) is 2.30. The number of esters is 1. The Balaban J connectivity index is 3.21. The Morgan fingerprint density at radius 2 is 2.31 bits per heavy atom. The highest BCUT2D eigenvalue weighted by molar-refractivity contribution is 9.10. The van der Waals surface area contributed by atoms with E-state index in [1.54, 1.807) is 12.1 Å². The first-order chi connectivity index (χ1) is 7.63. The summed E-state index contributed by atoms with van der Waals surface area (Å²) in [5, 5.41) is 18.2. The molecule has 0 aliphatic rings. The van der Waals surface area contributed by atoms with Crippen molar-refractivity contribution in [1.29, 1.82) is 5.26 Å². The van der Waals surface area contributed by atoms with E-state index in [2.05, 4.69) is 20.7 Å². The third kappa shape index (κ3) is 2.60. The number of carbonyl (C=O) groups excluding carboxylic acids is 1. The van der Waals surface area contributed by atoms with Crippen molar-refractivity contribution in [3.05, 3.63) is 33.3 Å². The molecular weight excluding hydrogens is 274 g/mol. The van der Waals surface area contributed by atoms with Gasteiger partial charge in [-0.15, -0.1) is 0 Å². The number of nitrogens with zero attached hydrogens (tertiary/aromatic N) is 1. The lowest BCUT2D eigenvalue weighted by molar-refractivity contribution is -0.139. The highest BCUT2D eigenvalue weighted by atomic mass is 79.9. The Morgan fingerprint density at radius 3 is 2.81 bits per heavy atom. The van der Waals surface area contributed by atoms with Gasteiger partial charge in [0.1, 0.15) is 6.07 Å². The lowest BCUT2D eigenvalue weighted by atomic mass is 10.00. The number of aliphatic hydroxyl groups excluding tert-OH is 1. The number of hydrogen-bond donors (Lipinski definition) is 1. The molecule has 0 unspecified atom stereocenters. The summed E-state index contributed by atoms with van der Waals surface area (Å²) in [7, 11) is 1.30. The van der Waals surface area contributed by atoms with Crippen LogP contribution in [0.15, 0.2) is 16.6 Å². The first-order valence-electron chi connectivity index (χ1n) is 4.52. The van der Waals surface area contributed by atoms with Crippen LogP contribution in [0.3, 0.4) is 0 Å². The number of aliphatic hydroxyl groups is 1. The number of nitriles is 1. The molecule has 0 atom stereocenters. The van der Waals surface area contributed by atoms with Crippen LogP contribution < -0.4 is 0 Å². The minimum absolute atomic E-state index is 0.0500. The van der Waals surface area contributed by atoms with Crippen LogP contribution in [-0.2, 0) is 22.6 Å². The summed E-state index contributed by atoms with van der Waals surface area (Å²) in [6, 6.07) is 5.35. The van der Waals surface area contributed by atoms with E-state index in [4.69, 9.17) is 5.26 Å². The summed E-state index contributed by atoms with van der Waals surface area (Å²) in [5.41, 5.74) is 1.42. The summed E-state index contributed by atoms with van der Waals surface area (Å²) >= 11 is 3.22. The molecule has 0 bridgehead atoms. The Bertz CT molecular complexity index is 451. The molecule has 1 aromatic carbocycles. The number of ether oxygens (including phenoxy) is 1. The molecule has 0 fully saturated rings. The average molecular weight is 284 g/mol. The monoisotopic (exact) mass is 283 g/mol. The second kappa shape index (κ2) is 5.64. The van der Waals surface area contributed by atoms with E-state index in [9.17, 15) is 9.90 Å². The van der Waals surface area contributed by atoms with E-state index < -0.39 is 5.97 Å². The van der Waals surface area contributed by atoms with E-state index in [1.165, 1.54) is 7.11 Å². The smallest absolute Gasteiger partial charge is 0.309 e. The summed E-state index contributed by atoms with van der Waals surface area (Å²) in [6.45, 7) is -0.283. The maximum Gasteiger partial charge on any atom is 0.309 e. The van der Waals surface area contributed by atoms with Crippen molar-refractivity contribution in [3.8, 4) is 6.07 Å². The van der Waals surface area contributed by atoms with E-state index in [0.717, 1.165) is 0 Å². The summed E-state index contributed by atoms with van der Waals surface area (Å²) in [6.07, 6.45) is 0.0500. The molecule has 0 saturated heterocycles. The van der Waals surface area contributed by atoms with Gasteiger partial charge in [-0.05, 0) is 27.6 Å². The lowest BCUT2D eigenvalue weighted by Gasteiger charge is -2.09. The molecule has 5 heteroatoms. The van der Waals surface area contributed by atoms with E-state index in [1.807, 2.05) is 6.07 Å². The van der Waals surface area contributed by atoms with Crippen molar-refractivity contribution in [2.45, 2.75) is 13.0 Å². The molecule has 0 aromatic heterocycles. The van der Waals surface area contributed by atoms with Gasteiger partial charge in [0.25, 0.3) is 0 Å². The maximum absolute atomic E-state index is 11.1. The molecular formula is C11H10BrNO3. The molecule has 1 rings (SSSR count). The van der Waals surface area contributed by atoms with Crippen LogP contribution in [0.25, 0.3) is 0 Å². The molecule has 0 aliphatic heterocycles.